The summed E-state index contributed by atoms with van der Waals surface area (Å²) in [5, 5.41) is 3.46. The van der Waals surface area contributed by atoms with Gasteiger partial charge in [-0.05, 0) is 49.7 Å². The van der Waals surface area contributed by atoms with Crippen LogP contribution in [0.15, 0.2) is 53.1 Å². The van der Waals surface area contributed by atoms with Crippen LogP contribution in [-0.4, -0.2) is 23.9 Å². The van der Waals surface area contributed by atoms with E-state index in [0.29, 0.717) is 22.4 Å². The van der Waals surface area contributed by atoms with E-state index in [9.17, 15) is 14.4 Å². The maximum atomic E-state index is 12.2. The topological polar surface area (TPSA) is 112 Å². The van der Waals surface area contributed by atoms with Crippen molar-refractivity contribution in [3.63, 3.8) is 0 Å². The van der Waals surface area contributed by atoms with Crippen LogP contribution in [0.25, 0.3) is 11.0 Å². The number of ether oxygens (including phenoxy) is 1. The first-order chi connectivity index (χ1) is 13.3. The van der Waals surface area contributed by atoms with Crippen molar-refractivity contribution >= 4 is 34.4 Å². The summed E-state index contributed by atoms with van der Waals surface area (Å²) in [6.07, 6.45) is 0.543. The van der Waals surface area contributed by atoms with Gasteiger partial charge in [0, 0.05) is 22.2 Å². The predicted molar refractivity (Wildman–Crippen MR) is 104 cm³/mol. The van der Waals surface area contributed by atoms with Crippen molar-refractivity contribution in [1.82, 2.24) is 0 Å². The quantitative estimate of drug-likeness (QED) is 0.639. The summed E-state index contributed by atoms with van der Waals surface area (Å²) in [6.45, 7) is 3.44. The molecule has 1 atom stereocenters. The van der Waals surface area contributed by atoms with Crippen LogP contribution in [0, 0.1) is 6.92 Å². The van der Waals surface area contributed by atoms with Gasteiger partial charge in [0.1, 0.15) is 5.58 Å². The third-order valence-corrected chi connectivity index (χ3v) is 4.26. The van der Waals surface area contributed by atoms with E-state index in [-0.39, 0.29) is 6.42 Å². The lowest BCUT2D eigenvalue weighted by Crippen LogP contribution is -2.30. The molecule has 0 radical (unpaired) electrons. The third kappa shape index (κ3) is 4.37. The lowest BCUT2D eigenvalue weighted by molar-refractivity contribution is -0.152. The zero-order valence-corrected chi connectivity index (χ0v) is 15.5. The van der Waals surface area contributed by atoms with Gasteiger partial charge in [-0.25, -0.2) is 0 Å². The minimum absolute atomic E-state index is 0.000982. The number of rotatable bonds is 6. The zero-order valence-electron chi connectivity index (χ0n) is 15.5. The fourth-order valence-electron chi connectivity index (χ4n) is 2.74. The van der Waals surface area contributed by atoms with Crippen LogP contribution in [0.5, 0.6) is 0 Å². The molecule has 28 heavy (non-hydrogen) atoms. The summed E-state index contributed by atoms with van der Waals surface area (Å²) in [4.78, 5) is 35.5. The Bertz CT molecular complexity index is 1040. The summed E-state index contributed by atoms with van der Waals surface area (Å²) in [5.74, 6) is -1.56. The number of carbonyl (C=O) groups excluding carboxylic acids is 3. The average molecular weight is 380 g/mol. The van der Waals surface area contributed by atoms with E-state index < -0.39 is 23.9 Å². The smallest absolute Gasteiger partial charge is 0.311 e. The number of benzene rings is 2. The van der Waals surface area contributed by atoms with Crippen molar-refractivity contribution in [2.24, 2.45) is 5.73 Å². The highest BCUT2D eigenvalue weighted by atomic mass is 16.5. The van der Waals surface area contributed by atoms with Gasteiger partial charge in [0.2, 0.25) is 5.91 Å². The maximum absolute atomic E-state index is 12.2. The van der Waals surface area contributed by atoms with E-state index in [0.717, 1.165) is 10.9 Å². The van der Waals surface area contributed by atoms with Crippen LogP contribution in [0.3, 0.4) is 0 Å². The number of carbonyl (C=O) groups is 3. The Balaban J connectivity index is 1.58. The standard InChI is InChI=1S/C21H20N2O5/c1-12-3-8-17-15(11-27-18(17)9-12)10-19(24)28-13(2)21(26)23-16-6-4-14(5-7-16)20(22)25/h3-9,11,13H,10H2,1-2H3,(H2,22,25)(H,23,26)/t13-/m1/s1. The molecule has 2 aromatic carbocycles. The number of anilines is 1. The minimum atomic E-state index is -0.983. The van der Waals surface area contributed by atoms with E-state index in [1.54, 1.807) is 12.1 Å². The molecule has 144 valence electrons. The molecule has 1 aromatic heterocycles. The highest BCUT2D eigenvalue weighted by molar-refractivity contribution is 5.97. The largest absolute Gasteiger partial charge is 0.464 e. The SMILES string of the molecule is Cc1ccc2c(CC(=O)O[C@H](C)C(=O)Nc3ccc(C(N)=O)cc3)coc2c1. The van der Waals surface area contributed by atoms with E-state index in [4.69, 9.17) is 14.9 Å². The van der Waals surface area contributed by atoms with Crippen molar-refractivity contribution in [2.45, 2.75) is 26.4 Å². The second kappa shape index (κ2) is 7.96. The molecule has 2 amide bonds. The van der Waals surface area contributed by atoms with Gasteiger partial charge in [-0.1, -0.05) is 12.1 Å². The summed E-state index contributed by atoms with van der Waals surface area (Å²) >= 11 is 0. The van der Waals surface area contributed by atoms with Crippen molar-refractivity contribution in [2.75, 3.05) is 5.32 Å². The van der Waals surface area contributed by atoms with Gasteiger partial charge in [0.05, 0.1) is 12.7 Å². The number of hydrogen-bond donors (Lipinski definition) is 2. The second-order valence-electron chi connectivity index (χ2n) is 6.50. The molecule has 3 aromatic rings. The number of nitrogens with two attached hydrogens (primary N) is 1. The van der Waals surface area contributed by atoms with Gasteiger partial charge < -0.3 is 20.2 Å². The number of aryl methyl sites for hydroxylation is 1. The van der Waals surface area contributed by atoms with Gasteiger partial charge in [-0.15, -0.1) is 0 Å². The Morgan fingerprint density at radius 2 is 1.86 bits per heavy atom. The third-order valence-electron chi connectivity index (χ3n) is 4.26. The van der Waals surface area contributed by atoms with E-state index in [1.807, 2.05) is 25.1 Å². The number of fused-ring (bicyclic) bond motifs is 1. The lowest BCUT2D eigenvalue weighted by Gasteiger charge is -2.13. The molecular weight excluding hydrogens is 360 g/mol. The predicted octanol–water partition coefficient (Wildman–Crippen LogP) is 2.95. The molecule has 0 saturated carbocycles. The highest BCUT2D eigenvalue weighted by Crippen LogP contribution is 2.23. The van der Waals surface area contributed by atoms with Crippen LogP contribution >= 0.6 is 0 Å². The molecule has 3 rings (SSSR count). The van der Waals surface area contributed by atoms with Crippen LogP contribution < -0.4 is 11.1 Å². The first-order valence-corrected chi connectivity index (χ1v) is 8.70. The zero-order chi connectivity index (χ0) is 20.3. The summed E-state index contributed by atoms with van der Waals surface area (Å²) in [6, 6.07) is 11.8. The van der Waals surface area contributed by atoms with Crippen molar-refractivity contribution < 1.29 is 23.5 Å². The van der Waals surface area contributed by atoms with Gasteiger partial charge in [-0.2, -0.15) is 0 Å². The van der Waals surface area contributed by atoms with Crippen LogP contribution in [0.4, 0.5) is 5.69 Å². The van der Waals surface area contributed by atoms with E-state index in [2.05, 4.69) is 5.32 Å². The molecule has 3 N–H and O–H groups in total. The molecule has 0 aliphatic heterocycles. The highest BCUT2D eigenvalue weighted by Gasteiger charge is 2.19. The second-order valence-corrected chi connectivity index (χ2v) is 6.50. The molecule has 0 saturated heterocycles. The summed E-state index contributed by atoms with van der Waals surface area (Å²) in [5.41, 5.74) is 8.44. The number of furan rings is 1. The Kier molecular flexibility index (Phi) is 5.44. The number of hydrogen-bond acceptors (Lipinski definition) is 5. The Labute approximate surface area is 161 Å². The monoisotopic (exact) mass is 380 g/mol. The van der Waals surface area contributed by atoms with Crippen LogP contribution in [0.1, 0.15) is 28.4 Å². The Hall–Kier alpha value is -3.61. The first-order valence-electron chi connectivity index (χ1n) is 8.70. The fraction of sp³-hybridized carbons (Fsp3) is 0.190. The van der Waals surface area contributed by atoms with Gasteiger partial charge in [-0.3, -0.25) is 14.4 Å². The molecule has 0 spiro atoms. The molecule has 0 fully saturated rings. The average Bonchev–Trinajstić information content (AvgIpc) is 3.03. The van der Waals surface area contributed by atoms with Crippen LogP contribution in [0.2, 0.25) is 0 Å². The van der Waals surface area contributed by atoms with E-state index in [1.165, 1.54) is 25.3 Å². The van der Waals surface area contributed by atoms with Crippen molar-refractivity contribution in [3.8, 4) is 0 Å². The van der Waals surface area contributed by atoms with Gasteiger partial charge >= 0.3 is 5.97 Å². The number of esters is 1. The molecule has 0 aliphatic carbocycles. The Morgan fingerprint density at radius 3 is 2.54 bits per heavy atom. The van der Waals surface area contributed by atoms with E-state index >= 15 is 0 Å². The molecule has 7 heteroatoms. The molecule has 0 unspecified atom stereocenters. The molecular formula is C21H20N2O5. The van der Waals surface area contributed by atoms with Gasteiger partial charge in [0.15, 0.2) is 6.10 Å². The molecule has 0 bridgehead atoms. The van der Waals surface area contributed by atoms with Crippen LogP contribution in [-0.2, 0) is 20.7 Å². The normalized spacial score (nSPS) is 11.8. The molecule has 1 heterocycles. The maximum Gasteiger partial charge on any atom is 0.311 e. The lowest BCUT2D eigenvalue weighted by atomic mass is 10.1. The summed E-state index contributed by atoms with van der Waals surface area (Å²) < 4.78 is 10.7. The molecule has 7 nitrogen and oxygen atoms in total. The van der Waals surface area contributed by atoms with Crippen molar-refractivity contribution in [3.05, 3.63) is 65.4 Å². The first kappa shape index (κ1) is 19.2. The number of amides is 2. The molecule has 0 aliphatic rings. The Morgan fingerprint density at radius 1 is 1.14 bits per heavy atom. The number of nitrogens with one attached hydrogen (secondary N) is 1. The fourth-order valence-corrected chi connectivity index (χ4v) is 2.74. The van der Waals surface area contributed by atoms with Crippen molar-refractivity contribution in [1.29, 1.82) is 0 Å². The van der Waals surface area contributed by atoms with Gasteiger partial charge in [0.25, 0.3) is 5.91 Å². The number of primary amides is 1. The summed E-state index contributed by atoms with van der Waals surface area (Å²) in [7, 11) is 0. The minimum Gasteiger partial charge on any atom is -0.464 e.